The summed E-state index contributed by atoms with van der Waals surface area (Å²) in [6, 6.07) is 7.34. The molecular formula is C16H24N2O3. The van der Waals surface area contributed by atoms with E-state index in [9.17, 15) is 14.7 Å². The minimum atomic E-state index is -1.07. The fourth-order valence-electron chi connectivity index (χ4n) is 2.06. The zero-order chi connectivity index (χ0) is 16.0. The first kappa shape index (κ1) is 17.0. The van der Waals surface area contributed by atoms with Crippen molar-refractivity contribution in [1.82, 2.24) is 10.2 Å². The summed E-state index contributed by atoms with van der Waals surface area (Å²) in [7, 11) is 0. The Bertz CT molecular complexity index is 472. The average Bonchev–Trinajstić information content (AvgIpc) is 2.42. The summed E-state index contributed by atoms with van der Waals surface area (Å²) in [4.78, 5) is 25.4. The van der Waals surface area contributed by atoms with E-state index in [1.54, 1.807) is 29.2 Å². The Morgan fingerprint density at radius 2 is 1.71 bits per heavy atom. The topological polar surface area (TPSA) is 69.6 Å². The lowest BCUT2D eigenvalue weighted by Gasteiger charge is -2.30. The maximum atomic E-state index is 12.4. The van der Waals surface area contributed by atoms with Gasteiger partial charge in [-0.05, 0) is 25.3 Å². The number of benzene rings is 1. The highest BCUT2D eigenvalue weighted by molar-refractivity contribution is 5.83. The number of carbonyl (C=O) groups excluding carboxylic acids is 1. The molecule has 0 heterocycles. The van der Waals surface area contributed by atoms with Gasteiger partial charge in [0.25, 0.3) is 0 Å². The smallest absolute Gasteiger partial charge is 0.330 e. The second kappa shape index (κ2) is 7.67. The van der Waals surface area contributed by atoms with Crippen LogP contribution in [0, 0.1) is 5.92 Å². The van der Waals surface area contributed by atoms with Crippen molar-refractivity contribution in [2.45, 2.75) is 39.8 Å². The van der Waals surface area contributed by atoms with Crippen LogP contribution in [0.5, 0.6) is 0 Å². The highest BCUT2D eigenvalue weighted by Gasteiger charge is 2.26. The summed E-state index contributed by atoms with van der Waals surface area (Å²) in [5, 5.41) is 12.0. The predicted octanol–water partition coefficient (Wildman–Crippen LogP) is 2.89. The molecule has 2 amide bonds. The number of rotatable bonds is 6. The minimum Gasteiger partial charge on any atom is -0.479 e. The molecule has 5 heteroatoms. The predicted molar refractivity (Wildman–Crippen MR) is 82.0 cm³/mol. The summed E-state index contributed by atoms with van der Waals surface area (Å²) in [6.07, 6.45) is 0. The van der Waals surface area contributed by atoms with E-state index in [0.717, 1.165) is 0 Å². The molecule has 21 heavy (non-hydrogen) atoms. The van der Waals surface area contributed by atoms with Gasteiger partial charge in [-0.3, -0.25) is 0 Å². The van der Waals surface area contributed by atoms with E-state index in [4.69, 9.17) is 0 Å². The number of aliphatic carboxylic acids is 1. The Kier molecular flexibility index (Phi) is 6.21. The second-order valence-corrected chi connectivity index (χ2v) is 5.77. The van der Waals surface area contributed by atoms with Gasteiger partial charge in [0.1, 0.15) is 0 Å². The van der Waals surface area contributed by atoms with Gasteiger partial charge in [0.15, 0.2) is 6.04 Å². The monoisotopic (exact) mass is 292 g/mol. The van der Waals surface area contributed by atoms with Gasteiger partial charge in [-0.2, -0.15) is 0 Å². The van der Waals surface area contributed by atoms with Crippen molar-refractivity contribution in [2.24, 2.45) is 5.92 Å². The fourth-order valence-corrected chi connectivity index (χ4v) is 2.06. The Morgan fingerprint density at radius 3 is 2.14 bits per heavy atom. The van der Waals surface area contributed by atoms with E-state index in [1.807, 2.05) is 33.8 Å². The van der Waals surface area contributed by atoms with E-state index >= 15 is 0 Å². The number of amides is 2. The maximum absolute atomic E-state index is 12.4. The summed E-state index contributed by atoms with van der Waals surface area (Å²) >= 11 is 0. The SMILES string of the molecule is CC(C)CN(C(=O)N[C@@H](C(=O)O)c1ccccc1)C(C)C. The number of carboxylic acid groups (broad SMARTS) is 1. The van der Waals surface area contributed by atoms with Crippen molar-refractivity contribution in [3.8, 4) is 0 Å². The quantitative estimate of drug-likeness (QED) is 0.847. The van der Waals surface area contributed by atoms with Crippen molar-refractivity contribution in [3.05, 3.63) is 35.9 Å². The van der Waals surface area contributed by atoms with Crippen LogP contribution in [0.25, 0.3) is 0 Å². The molecule has 0 aliphatic rings. The normalized spacial score (nSPS) is 12.3. The van der Waals surface area contributed by atoms with E-state index in [1.165, 1.54) is 0 Å². The van der Waals surface area contributed by atoms with Gasteiger partial charge in [-0.15, -0.1) is 0 Å². The van der Waals surface area contributed by atoms with Crippen molar-refractivity contribution in [1.29, 1.82) is 0 Å². The lowest BCUT2D eigenvalue weighted by molar-refractivity contribution is -0.139. The molecule has 0 unspecified atom stereocenters. The molecule has 0 bridgehead atoms. The second-order valence-electron chi connectivity index (χ2n) is 5.77. The molecule has 1 aromatic rings. The number of carbonyl (C=O) groups is 2. The van der Waals surface area contributed by atoms with Crippen LogP contribution < -0.4 is 5.32 Å². The summed E-state index contributed by atoms with van der Waals surface area (Å²) < 4.78 is 0. The number of nitrogens with zero attached hydrogens (tertiary/aromatic N) is 1. The molecule has 116 valence electrons. The van der Waals surface area contributed by atoms with Crippen LogP contribution >= 0.6 is 0 Å². The standard InChI is InChI=1S/C16H24N2O3/c1-11(2)10-18(12(3)4)16(21)17-14(15(19)20)13-8-6-5-7-9-13/h5-9,11-12,14H,10H2,1-4H3,(H,17,21)(H,19,20)/t14-/m1/s1. The van der Waals surface area contributed by atoms with Gasteiger partial charge in [-0.25, -0.2) is 9.59 Å². The van der Waals surface area contributed by atoms with Crippen LogP contribution in [0.15, 0.2) is 30.3 Å². The first-order valence-corrected chi connectivity index (χ1v) is 7.17. The molecule has 2 N–H and O–H groups in total. The third-order valence-electron chi connectivity index (χ3n) is 3.09. The van der Waals surface area contributed by atoms with E-state index in [2.05, 4.69) is 5.32 Å². The molecule has 5 nitrogen and oxygen atoms in total. The number of urea groups is 1. The Labute approximate surface area is 126 Å². The highest BCUT2D eigenvalue weighted by atomic mass is 16.4. The molecule has 1 atom stereocenters. The van der Waals surface area contributed by atoms with Crippen LogP contribution in [-0.2, 0) is 4.79 Å². The fraction of sp³-hybridized carbons (Fsp3) is 0.500. The van der Waals surface area contributed by atoms with Crippen LogP contribution in [0.4, 0.5) is 4.79 Å². The number of nitrogens with one attached hydrogen (secondary N) is 1. The Morgan fingerprint density at radius 1 is 1.14 bits per heavy atom. The third kappa shape index (κ3) is 5.10. The molecule has 0 saturated heterocycles. The van der Waals surface area contributed by atoms with Crippen molar-refractivity contribution in [2.75, 3.05) is 6.54 Å². The van der Waals surface area contributed by atoms with Crippen molar-refractivity contribution in [3.63, 3.8) is 0 Å². The first-order chi connectivity index (χ1) is 9.82. The molecule has 1 aromatic carbocycles. The maximum Gasteiger partial charge on any atom is 0.330 e. The first-order valence-electron chi connectivity index (χ1n) is 7.17. The molecule has 0 aliphatic carbocycles. The number of hydrogen-bond acceptors (Lipinski definition) is 2. The average molecular weight is 292 g/mol. The lowest BCUT2D eigenvalue weighted by Crippen LogP contribution is -2.48. The third-order valence-corrected chi connectivity index (χ3v) is 3.09. The molecule has 0 aromatic heterocycles. The van der Waals surface area contributed by atoms with E-state index < -0.39 is 12.0 Å². The van der Waals surface area contributed by atoms with Gasteiger partial charge >= 0.3 is 12.0 Å². The molecule has 1 rings (SSSR count). The summed E-state index contributed by atoms with van der Waals surface area (Å²) in [6.45, 7) is 8.47. The zero-order valence-corrected chi connectivity index (χ0v) is 13.0. The largest absolute Gasteiger partial charge is 0.479 e. The lowest BCUT2D eigenvalue weighted by atomic mass is 10.1. The Hall–Kier alpha value is -2.04. The van der Waals surface area contributed by atoms with Crippen molar-refractivity contribution < 1.29 is 14.7 Å². The van der Waals surface area contributed by atoms with Crippen LogP contribution in [0.1, 0.15) is 39.3 Å². The molecule has 0 spiro atoms. The van der Waals surface area contributed by atoms with Crippen LogP contribution in [-0.4, -0.2) is 34.6 Å². The van der Waals surface area contributed by atoms with Crippen LogP contribution in [0.2, 0.25) is 0 Å². The van der Waals surface area contributed by atoms with E-state index in [-0.39, 0.29) is 12.1 Å². The van der Waals surface area contributed by atoms with Gasteiger partial charge in [0, 0.05) is 12.6 Å². The molecule has 0 fully saturated rings. The summed E-state index contributed by atoms with van der Waals surface area (Å²) in [5.74, 6) is -0.749. The van der Waals surface area contributed by atoms with Crippen molar-refractivity contribution >= 4 is 12.0 Å². The van der Waals surface area contributed by atoms with Gasteiger partial charge in [-0.1, -0.05) is 44.2 Å². The van der Waals surface area contributed by atoms with Gasteiger partial charge in [0.2, 0.25) is 0 Å². The zero-order valence-electron chi connectivity index (χ0n) is 13.0. The number of carboxylic acids is 1. The Balaban J connectivity index is 2.88. The van der Waals surface area contributed by atoms with Gasteiger partial charge < -0.3 is 15.3 Å². The molecular weight excluding hydrogens is 268 g/mol. The van der Waals surface area contributed by atoms with Gasteiger partial charge in [0.05, 0.1) is 0 Å². The minimum absolute atomic E-state index is 0.0117. The van der Waals surface area contributed by atoms with E-state index in [0.29, 0.717) is 18.0 Å². The van der Waals surface area contributed by atoms with Crippen LogP contribution in [0.3, 0.4) is 0 Å². The molecule has 0 radical (unpaired) electrons. The molecule has 0 saturated carbocycles. The highest BCUT2D eigenvalue weighted by Crippen LogP contribution is 2.14. The molecule has 0 aliphatic heterocycles. The number of hydrogen-bond donors (Lipinski definition) is 2. The summed E-state index contributed by atoms with van der Waals surface area (Å²) in [5.41, 5.74) is 0.562.